The number of piperidine rings is 1. The SMILES string of the molecule is CN=C(NCCC1CCCCC1)N1CCC(OCCCOC)CC1.I. The maximum absolute atomic E-state index is 5.94. The van der Waals surface area contributed by atoms with E-state index in [4.69, 9.17) is 9.47 Å². The van der Waals surface area contributed by atoms with E-state index in [9.17, 15) is 0 Å². The van der Waals surface area contributed by atoms with Crippen molar-refractivity contribution in [2.45, 2.75) is 63.9 Å². The number of rotatable bonds is 8. The van der Waals surface area contributed by atoms with E-state index in [0.717, 1.165) is 64.0 Å². The van der Waals surface area contributed by atoms with Crippen LogP contribution in [0.3, 0.4) is 0 Å². The number of halogens is 1. The quantitative estimate of drug-likeness (QED) is 0.256. The van der Waals surface area contributed by atoms with Gasteiger partial charge in [-0.25, -0.2) is 0 Å². The molecule has 1 aliphatic carbocycles. The smallest absolute Gasteiger partial charge is 0.193 e. The molecule has 0 spiro atoms. The Kier molecular flexibility index (Phi) is 12.9. The fraction of sp³-hybridized carbons (Fsp3) is 0.947. The Morgan fingerprint density at radius 3 is 2.44 bits per heavy atom. The van der Waals surface area contributed by atoms with Crippen molar-refractivity contribution in [2.24, 2.45) is 10.9 Å². The van der Waals surface area contributed by atoms with Gasteiger partial charge in [-0.2, -0.15) is 0 Å². The maximum atomic E-state index is 5.94. The van der Waals surface area contributed by atoms with Gasteiger partial charge in [0.2, 0.25) is 0 Å². The zero-order valence-electron chi connectivity index (χ0n) is 16.2. The maximum Gasteiger partial charge on any atom is 0.193 e. The molecule has 25 heavy (non-hydrogen) atoms. The predicted octanol–water partition coefficient (Wildman–Crippen LogP) is 3.67. The summed E-state index contributed by atoms with van der Waals surface area (Å²) < 4.78 is 11.0. The number of aliphatic imine (C=N–C) groups is 1. The fourth-order valence-electron chi connectivity index (χ4n) is 3.88. The van der Waals surface area contributed by atoms with E-state index in [1.165, 1.54) is 38.5 Å². The van der Waals surface area contributed by atoms with E-state index < -0.39 is 0 Å². The van der Waals surface area contributed by atoms with Crippen LogP contribution >= 0.6 is 24.0 Å². The highest BCUT2D eigenvalue weighted by Gasteiger charge is 2.22. The third-order valence-electron chi connectivity index (χ3n) is 5.36. The summed E-state index contributed by atoms with van der Waals surface area (Å²) in [6.45, 7) is 4.74. The first-order chi connectivity index (χ1) is 11.8. The Morgan fingerprint density at radius 1 is 1.08 bits per heavy atom. The summed E-state index contributed by atoms with van der Waals surface area (Å²) in [5.74, 6) is 2.00. The highest BCUT2D eigenvalue weighted by Crippen LogP contribution is 2.25. The van der Waals surface area contributed by atoms with Gasteiger partial charge in [-0.1, -0.05) is 32.1 Å². The molecule has 0 aromatic rings. The number of hydrogen-bond acceptors (Lipinski definition) is 3. The number of hydrogen-bond donors (Lipinski definition) is 1. The Labute approximate surface area is 171 Å². The van der Waals surface area contributed by atoms with Crippen LogP contribution in [0.5, 0.6) is 0 Å². The molecule has 0 bridgehead atoms. The zero-order chi connectivity index (χ0) is 17.0. The minimum absolute atomic E-state index is 0. The molecule has 1 saturated carbocycles. The molecular weight excluding hydrogens is 429 g/mol. The van der Waals surface area contributed by atoms with Crippen molar-refractivity contribution in [3.8, 4) is 0 Å². The molecule has 0 aromatic heterocycles. The molecule has 148 valence electrons. The van der Waals surface area contributed by atoms with Crippen LogP contribution in [-0.2, 0) is 9.47 Å². The topological polar surface area (TPSA) is 46.1 Å². The van der Waals surface area contributed by atoms with Gasteiger partial charge in [0.1, 0.15) is 0 Å². The van der Waals surface area contributed by atoms with Crippen molar-refractivity contribution >= 4 is 29.9 Å². The predicted molar refractivity (Wildman–Crippen MR) is 115 cm³/mol. The summed E-state index contributed by atoms with van der Waals surface area (Å²) in [7, 11) is 3.64. The van der Waals surface area contributed by atoms with Gasteiger partial charge in [-0.15, -0.1) is 24.0 Å². The molecule has 0 radical (unpaired) electrons. The lowest BCUT2D eigenvalue weighted by molar-refractivity contribution is 0.00990. The van der Waals surface area contributed by atoms with Crippen molar-refractivity contribution in [1.82, 2.24) is 10.2 Å². The van der Waals surface area contributed by atoms with E-state index in [0.29, 0.717) is 6.10 Å². The Bertz CT molecular complexity index is 355. The van der Waals surface area contributed by atoms with Gasteiger partial charge in [-0.05, 0) is 31.6 Å². The molecule has 6 heteroatoms. The lowest BCUT2D eigenvalue weighted by atomic mass is 9.87. The summed E-state index contributed by atoms with van der Waals surface area (Å²) in [5, 5.41) is 3.58. The molecule has 1 aliphatic heterocycles. The Balaban J connectivity index is 0.00000312. The first-order valence-corrected chi connectivity index (χ1v) is 9.89. The van der Waals surface area contributed by atoms with Gasteiger partial charge in [-0.3, -0.25) is 4.99 Å². The van der Waals surface area contributed by atoms with Crippen LogP contribution < -0.4 is 5.32 Å². The van der Waals surface area contributed by atoms with Gasteiger partial charge >= 0.3 is 0 Å². The molecule has 1 N–H and O–H groups in total. The van der Waals surface area contributed by atoms with Crippen molar-refractivity contribution in [3.05, 3.63) is 0 Å². The largest absolute Gasteiger partial charge is 0.385 e. The molecule has 1 heterocycles. The van der Waals surface area contributed by atoms with Crippen LogP contribution in [0, 0.1) is 5.92 Å². The standard InChI is InChI=1S/C19H37N3O2.HI/c1-20-19(21-12-9-17-7-4-3-5-8-17)22-13-10-18(11-14-22)24-16-6-15-23-2;/h17-18H,3-16H2,1-2H3,(H,20,21);1H. The number of guanidine groups is 1. The number of nitrogens with one attached hydrogen (secondary N) is 1. The van der Waals surface area contributed by atoms with Crippen LogP contribution in [0.1, 0.15) is 57.8 Å². The third kappa shape index (κ3) is 8.91. The van der Waals surface area contributed by atoms with Gasteiger partial charge in [0.25, 0.3) is 0 Å². The molecule has 1 saturated heterocycles. The van der Waals surface area contributed by atoms with E-state index in [2.05, 4.69) is 15.2 Å². The third-order valence-corrected chi connectivity index (χ3v) is 5.36. The zero-order valence-corrected chi connectivity index (χ0v) is 18.5. The minimum atomic E-state index is 0. The van der Waals surface area contributed by atoms with Gasteiger partial charge in [0.05, 0.1) is 6.10 Å². The molecule has 2 aliphatic rings. The van der Waals surface area contributed by atoms with Crippen LogP contribution in [0.15, 0.2) is 4.99 Å². The lowest BCUT2D eigenvalue weighted by Crippen LogP contribution is -2.47. The van der Waals surface area contributed by atoms with E-state index >= 15 is 0 Å². The Morgan fingerprint density at radius 2 is 1.80 bits per heavy atom. The van der Waals surface area contributed by atoms with Gasteiger partial charge in [0.15, 0.2) is 5.96 Å². The van der Waals surface area contributed by atoms with Crippen molar-refractivity contribution in [1.29, 1.82) is 0 Å². The molecule has 0 amide bonds. The number of methoxy groups -OCH3 is 1. The van der Waals surface area contributed by atoms with Crippen LogP contribution in [0.4, 0.5) is 0 Å². The van der Waals surface area contributed by atoms with Crippen LogP contribution in [0.2, 0.25) is 0 Å². The van der Waals surface area contributed by atoms with Gasteiger partial charge < -0.3 is 19.7 Å². The van der Waals surface area contributed by atoms with Crippen molar-refractivity contribution < 1.29 is 9.47 Å². The monoisotopic (exact) mass is 467 g/mol. The number of likely N-dealkylation sites (tertiary alicyclic amines) is 1. The summed E-state index contributed by atoms with van der Waals surface area (Å²) in [5.41, 5.74) is 0. The van der Waals surface area contributed by atoms with E-state index in [-0.39, 0.29) is 24.0 Å². The summed E-state index contributed by atoms with van der Waals surface area (Å²) >= 11 is 0. The molecule has 2 fully saturated rings. The summed E-state index contributed by atoms with van der Waals surface area (Å²) in [6.07, 6.45) is 12.0. The van der Waals surface area contributed by atoms with Crippen LogP contribution in [0.25, 0.3) is 0 Å². The first kappa shape index (κ1) is 23.0. The Hall–Kier alpha value is -0.0800. The second kappa shape index (κ2) is 14.0. The normalized spacial score (nSPS) is 20.4. The average molecular weight is 467 g/mol. The average Bonchev–Trinajstić information content (AvgIpc) is 2.64. The van der Waals surface area contributed by atoms with Crippen LogP contribution in [-0.4, -0.2) is 64.0 Å². The summed E-state index contributed by atoms with van der Waals surface area (Å²) in [4.78, 5) is 6.86. The summed E-state index contributed by atoms with van der Waals surface area (Å²) in [6, 6.07) is 0. The molecule has 0 unspecified atom stereocenters. The number of ether oxygens (including phenoxy) is 2. The lowest BCUT2D eigenvalue weighted by Gasteiger charge is -2.34. The minimum Gasteiger partial charge on any atom is -0.385 e. The molecule has 5 nitrogen and oxygen atoms in total. The van der Waals surface area contributed by atoms with Crippen molar-refractivity contribution in [2.75, 3.05) is 47.0 Å². The van der Waals surface area contributed by atoms with Crippen molar-refractivity contribution in [3.63, 3.8) is 0 Å². The molecule has 0 aromatic carbocycles. The molecular formula is C19H38IN3O2. The van der Waals surface area contributed by atoms with E-state index in [1.54, 1.807) is 7.11 Å². The van der Waals surface area contributed by atoms with Gasteiger partial charge in [0, 0.05) is 47.0 Å². The second-order valence-corrected chi connectivity index (χ2v) is 7.17. The molecule has 0 atom stereocenters. The highest BCUT2D eigenvalue weighted by molar-refractivity contribution is 14.0. The fourth-order valence-corrected chi connectivity index (χ4v) is 3.88. The van der Waals surface area contributed by atoms with E-state index in [1.807, 2.05) is 7.05 Å². The highest BCUT2D eigenvalue weighted by atomic mass is 127. The second-order valence-electron chi connectivity index (χ2n) is 7.17. The molecule has 2 rings (SSSR count). The number of nitrogens with zero attached hydrogens (tertiary/aromatic N) is 2. The first-order valence-electron chi connectivity index (χ1n) is 9.89.